The zero-order valence-electron chi connectivity index (χ0n) is 12.5. The molecule has 0 fully saturated rings. The van der Waals surface area contributed by atoms with Crippen molar-refractivity contribution in [2.75, 3.05) is 24.5 Å². The largest absolute Gasteiger partial charge is 0.367 e. The fraction of sp³-hybridized carbons (Fsp3) is 0.562. The summed E-state index contributed by atoms with van der Waals surface area (Å²) in [6, 6.07) is 4.66. The van der Waals surface area contributed by atoms with Crippen molar-refractivity contribution in [1.82, 2.24) is 10.3 Å². The lowest BCUT2D eigenvalue weighted by molar-refractivity contribution is 0.525. The van der Waals surface area contributed by atoms with Crippen LogP contribution in [0, 0.1) is 0 Å². The van der Waals surface area contributed by atoms with Crippen LogP contribution in [0.1, 0.15) is 45.3 Å². The van der Waals surface area contributed by atoms with Gasteiger partial charge in [0.1, 0.15) is 0 Å². The van der Waals surface area contributed by atoms with Crippen molar-refractivity contribution in [2.45, 2.75) is 39.7 Å². The first-order valence-electron chi connectivity index (χ1n) is 7.31. The number of nitrogens with zero attached hydrogens (tertiary/aromatic N) is 2. The average Bonchev–Trinajstić information content (AvgIpc) is 2.45. The van der Waals surface area contributed by atoms with Gasteiger partial charge in [0.15, 0.2) is 0 Å². The van der Waals surface area contributed by atoms with E-state index in [9.17, 15) is 0 Å². The monoisotopic (exact) mass is 261 g/mol. The first-order valence-corrected chi connectivity index (χ1v) is 7.31. The maximum atomic E-state index is 4.62. The number of hydrogen-bond donors (Lipinski definition) is 1. The Morgan fingerprint density at radius 2 is 2.16 bits per heavy atom. The number of rotatable bonds is 9. The van der Waals surface area contributed by atoms with E-state index in [-0.39, 0.29) is 0 Å². The molecule has 1 atom stereocenters. The molecule has 0 spiro atoms. The van der Waals surface area contributed by atoms with Gasteiger partial charge in [-0.1, -0.05) is 26.8 Å². The third kappa shape index (κ3) is 4.67. The summed E-state index contributed by atoms with van der Waals surface area (Å²) in [6.07, 6.45) is 6.11. The summed E-state index contributed by atoms with van der Waals surface area (Å²) in [7, 11) is 0. The van der Waals surface area contributed by atoms with E-state index in [1.807, 2.05) is 12.3 Å². The van der Waals surface area contributed by atoms with E-state index in [0.29, 0.717) is 6.04 Å². The van der Waals surface area contributed by atoms with Crippen LogP contribution < -0.4 is 10.2 Å². The molecule has 3 heteroatoms. The van der Waals surface area contributed by atoms with E-state index in [4.69, 9.17) is 0 Å². The Balaban J connectivity index is 2.80. The zero-order chi connectivity index (χ0) is 14.1. The molecule has 0 saturated heterocycles. The van der Waals surface area contributed by atoms with Gasteiger partial charge in [0.25, 0.3) is 0 Å². The van der Waals surface area contributed by atoms with E-state index in [1.165, 1.54) is 5.69 Å². The number of pyridine rings is 1. The Morgan fingerprint density at radius 3 is 2.63 bits per heavy atom. The molecular formula is C16H27N3. The van der Waals surface area contributed by atoms with Gasteiger partial charge in [-0.2, -0.15) is 0 Å². The first kappa shape index (κ1) is 15.7. The molecule has 1 unspecified atom stereocenters. The van der Waals surface area contributed by atoms with Gasteiger partial charge in [-0.25, -0.2) is 0 Å². The van der Waals surface area contributed by atoms with Gasteiger partial charge in [-0.3, -0.25) is 4.98 Å². The molecule has 1 rings (SSSR count). The molecule has 0 radical (unpaired) electrons. The highest BCUT2D eigenvalue weighted by molar-refractivity contribution is 5.45. The lowest BCUT2D eigenvalue weighted by atomic mass is 10.1. The minimum Gasteiger partial charge on any atom is -0.367 e. The Kier molecular flexibility index (Phi) is 7.19. The van der Waals surface area contributed by atoms with Crippen molar-refractivity contribution in [3.63, 3.8) is 0 Å². The topological polar surface area (TPSA) is 28.2 Å². The van der Waals surface area contributed by atoms with E-state index in [1.54, 1.807) is 0 Å². The van der Waals surface area contributed by atoms with Gasteiger partial charge in [-0.15, -0.1) is 6.58 Å². The molecule has 1 N–H and O–H groups in total. The van der Waals surface area contributed by atoms with Crippen LogP contribution in [0.4, 0.5) is 5.69 Å². The highest BCUT2D eigenvalue weighted by atomic mass is 15.1. The van der Waals surface area contributed by atoms with Crippen molar-refractivity contribution in [2.24, 2.45) is 0 Å². The summed E-state index contributed by atoms with van der Waals surface area (Å²) in [4.78, 5) is 6.92. The van der Waals surface area contributed by atoms with Crippen LogP contribution in [0.3, 0.4) is 0 Å². The molecule has 3 nitrogen and oxygen atoms in total. The van der Waals surface area contributed by atoms with Gasteiger partial charge < -0.3 is 10.2 Å². The molecule has 0 aliphatic carbocycles. The van der Waals surface area contributed by atoms with E-state index >= 15 is 0 Å². The molecule has 0 saturated carbocycles. The lowest BCUT2D eigenvalue weighted by Crippen LogP contribution is -2.25. The van der Waals surface area contributed by atoms with Crippen LogP contribution in [-0.4, -0.2) is 24.6 Å². The molecule has 1 aromatic heterocycles. The maximum Gasteiger partial charge on any atom is 0.0574 e. The van der Waals surface area contributed by atoms with Crippen molar-refractivity contribution < 1.29 is 0 Å². The highest BCUT2D eigenvalue weighted by Crippen LogP contribution is 2.18. The highest BCUT2D eigenvalue weighted by Gasteiger charge is 2.10. The molecule has 0 aliphatic heterocycles. The van der Waals surface area contributed by atoms with Crippen molar-refractivity contribution in [3.05, 3.63) is 36.7 Å². The molecule has 0 aromatic carbocycles. The Bertz CT molecular complexity index is 359. The molecule has 106 valence electrons. The number of nitrogens with one attached hydrogen (secondary N) is 1. The van der Waals surface area contributed by atoms with Crippen molar-refractivity contribution >= 4 is 5.69 Å². The molecule has 1 heterocycles. The second-order valence-electron chi connectivity index (χ2n) is 4.69. The van der Waals surface area contributed by atoms with Gasteiger partial charge in [0.05, 0.1) is 17.6 Å². The van der Waals surface area contributed by atoms with E-state index in [2.05, 4.69) is 54.7 Å². The van der Waals surface area contributed by atoms with Crippen LogP contribution in [0.5, 0.6) is 0 Å². The Labute approximate surface area is 117 Å². The molecule has 0 aliphatic rings. The third-order valence-corrected chi connectivity index (χ3v) is 3.19. The summed E-state index contributed by atoms with van der Waals surface area (Å²) >= 11 is 0. The van der Waals surface area contributed by atoms with Crippen molar-refractivity contribution in [1.29, 1.82) is 0 Å². The van der Waals surface area contributed by atoms with Gasteiger partial charge >= 0.3 is 0 Å². The SMILES string of the molecule is C=CCN(CCC)c1ccc(C(CC)NCC)nc1. The second-order valence-corrected chi connectivity index (χ2v) is 4.69. The lowest BCUT2D eigenvalue weighted by Gasteiger charge is -2.23. The van der Waals surface area contributed by atoms with E-state index < -0.39 is 0 Å². The van der Waals surface area contributed by atoms with Crippen LogP contribution in [0.25, 0.3) is 0 Å². The van der Waals surface area contributed by atoms with Crippen LogP contribution in [0.2, 0.25) is 0 Å². The smallest absolute Gasteiger partial charge is 0.0574 e. The minimum absolute atomic E-state index is 0.359. The maximum absolute atomic E-state index is 4.62. The van der Waals surface area contributed by atoms with Crippen LogP contribution in [0.15, 0.2) is 31.0 Å². The minimum atomic E-state index is 0.359. The predicted molar refractivity (Wildman–Crippen MR) is 83.6 cm³/mol. The average molecular weight is 261 g/mol. The van der Waals surface area contributed by atoms with E-state index in [0.717, 1.165) is 38.2 Å². The Hall–Kier alpha value is -1.35. The number of aromatic nitrogens is 1. The Morgan fingerprint density at radius 1 is 1.37 bits per heavy atom. The molecule has 1 aromatic rings. The first-order chi connectivity index (χ1) is 9.26. The number of hydrogen-bond acceptors (Lipinski definition) is 3. The zero-order valence-corrected chi connectivity index (χ0v) is 12.5. The fourth-order valence-electron chi connectivity index (χ4n) is 2.25. The summed E-state index contributed by atoms with van der Waals surface area (Å²) in [6.45, 7) is 13.2. The van der Waals surface area contributed by atoms with Gasteiger partial charge in [0.2, 0.25) is 0 Å². The van der Waals surface area contributed by atoms with Crippen molar-refractivity contribution in [3.8, 4) is 0 Å². The standard InChI is InChI=1S/C16H27N3/c1-5-11-19(12-6-2)14-9-10-16(18-13-14)15(7-3)17-8-4/h5,9-10,13,15,17H,1,6-8,11-12H2,2-4H3. The quantitative estimate of drug-likeness (QED) is 0.689. The normalized spacial score (nSPS) is 12.2. The van der Waals surface area contributed by atoms with Crippen LogP contribution >= 0.6 is 0 Å². The summed E-state index contributed by atoms with van der Waals surface area (Å²) < 4.78 is 0. The predicted octanol–water partition coefficient (Wildman–Crippen LogP) is 3.54. The molecule has 0 amide bonds. The third-order valence-electron chi connectivity index (χ3n) is 3.19. The molecule has 0 bridgehead atoms. The molecular weight excluding hydrogens is 234 g/mol. The van der Waals surface area contributed by atoms with Crippen LogP contribution in [-0.2, 0) is 0 Å². The second kappa shape index (κ2) is 8.70. The summed E-state index contributed by atoms with van der Waals surface area (Å²) in [5.41, 5.74) is 2.31. The molecule has 19 heavy (non-hydrogen) atoms. The van der Waals surface area contributed by atoms with Gasteiger partial charge in [-0.05, 0) is 31.5 Å². The number of anilines is 1. The van der Waals surface area contributed by atoms with Gasteiger partial charge in [0, 0.05) is 19.1 Å². The summed E-state index contributed by atoms with van der Waals surface area (Å²) in [5, 5.41) is 3.46. The summed E-state index contributed by atoms with van der Waals surface area (Å²) in [5.74, 6) is 0. The fourth-order valence-corrected chi connectivity index (χ4v) is 2.25.